The number of nitrogen functional groups attached to an aromatic ring is 2. The van der Waals surface area contributed by atoms with E-state index in [1.165, 1.54) is 6.92 Å². The highest BCUT2D eigenvalue weighted by Gasteiger charge is 2.02. The maximum Gasteiger partial charge on any atom is 0.194 e. The van der Waals surface area contributed by atoms with Crippen molar-refractivity contribution in [3.05, 3.63) is 18.2 Å². The third-order valence-corrected chi connectivity index (χ3v) is 1.33. The van der Waals surface area contributed by atoms with Crippen LogP contribution in [-0.2, 0) is 0 Å². The van der Waals surface area contributed by atoms with Gasteiger partial charge in [-0.3, -0.25) is 0 Å². The SMILES string of the molecule is C[C@H](O)Oc1ccc(N)cc1N. The molecule has 0 amide bonds. The lowest BCUT2D eigenvalue weighted by atomic mass is 10.2. The lowest BCUT2D eigenvalue weighted by molar-refractivity contribution is 0.000283. The molecule has 0 saturated carbocycles. The van der Waals surface area contributed by atoms with Crippen molar-refractivity contribution in [3.63, 3.8) is 0 Å². The first kappa shape index (κ1) is 8.67. The molecular weight excluding hydrogens is 156 g/mol. The van der Waals surface area contributed by atoms with Crippen LogP contribution >= 0.6 is 0 Å². The minimum absolute atomic E-state index is 0.427. The summed E-state index contributed by atoms with van der Waals surface area (Å²) in [7, 11) is 0. The van der Waals surface area contributed by atoms with Crippen LogP contribution in [0.2, 0.25) is 0 Å². The van der Waals surface area contributed by atoms with Crippen LogP contribution in [-0.4, -0.2) is 11.4 Å². The molecule has 1 atom stereocenters. The van der Waals surface area contributed by atoms with E-state index < -0.39 is 6.29 Å². The Bertz CT molecular complexity index is 274. The van der Waals surface area contributed by atoms with Crippen LogP contribution < -0.4 is 16.2 Å². The maximum atomic E-state index is 8.89. The first-order valence-corrected chi connectivity index (χ1v) is 3.59. The molecular formula is C8H12N2O2. The number of rotatable bonds is 2. The van der Waals surface area contributed by atoms with Crippen LogP contribution in [0.25, 0.3) is 0 Å². The standard InChI is InChI=1S/C8H12N2O2/c1-5(11)12-8-3-2-6(9)4-7(8)10/h2-5,11H,9-10H2,1H3/t5-/m1/s1. The second kappa shape index (κ2) is 3.32. The minimum atomic E-state index is -0.865. The molecule has 0 fully saturated rings. The van der Waals surface area contributed by atoms with Crippen molar-refractivity contribution in [1.82, 2.24) is 0 Å². The summed E-state index contributed by atoms with van der Waals surface area (Å²) in [6.07, 6.45) is -0.865. The molecule has 12 heavy (non-hydrogen) atoms. The first-order chi connectivity index (χ1) is 5.59. The van der Waals surface area contributed by atoms with E-state index in [0.29, 0.717) is 17.1 Å². The fourth-order valence-corrected chi connectivity index (χ4v) is 0.858. The quantitative estimate of drug-likeness (QED) is 0.445. The van der Waals surface area contributed by atoms with Crippen molar-refractivity contribution in [3.8, 4) is 5.75 Å². The van der Waals surface area contributed by atoms with Crippen molar-refractivity contribution in [2.24, 2.45) is 0 Å². The van der Waals surface area contributed by atoms with Crippen LogP contribution in [0.1, 0.15) is 6.92 Å². The summed E-state index contributed by atoms with van der Waals surface area (Å²) in [6, 6.07) is 4.86. The van der Waals surface area contributed by atoms with Crippen molar-refractivity contribution in [2.75, 3.05) is 11.5 Å². The Hall–Kier alpha value is -1.42. The van der Waals surface area contributed by atoms with Gasteiger partial charge in [0, 0.05) is 5.69 Å². The van der Waals surface area contributed by atoms with Crippen molar-refractivity contribution >= 4 is 11.4 Å². The molecule has 1 aromatic carbocycles. The zero-order chi connectivity index (χ0) is 9.14. The van der Waals surface area contributed by atoms with Crippen molar-refractivity contribution in [2.45, 2.75) is 13.2 Å². The molecule has 66 valence electrons. The molecule has 1 aromatic rings. The van der Waals surface area contributed by atoms with Gasteiger partial charge in [0.05, 0.1) is 5.69 Å². The van der Waals surface area contributed by atoms with Gasteiger partial charge in [-0.25, -0.2) is 0 Å². The largest absolute Gasteiger partial charge is 0.463 e. The van der Waals surface area contributed by atoms with Gasteiger partial charge in [0.25, 0.3) is 0 Å². The Morgan fingerprint density at radius 3 is 2.58 bits per heavy atom. The van der Waals surface area contributed by atoms with Gasteiger partial charge in [-0.1, -0.05) is 0 Å². The molecule has 1 rings (SSSR count). The maximum absolute atomic E-state index is 8.89. The van der Waals surface area contributed by atoms with Crippen LogP contribution in [0.15, 0.2) is 18.2 Å². The third-order valence-electron chi connectivity index (χ3n) is 1.33. The van der Waals surface area contributed by atoms with Gasteiger partial charge < -0.3 is 21.3 Å². The van der Waals surface area contributed by atoms with Crippen molar-refractivity contribution < 1.29 is 9.84 Å². The van der Waals surface area contributed by atoms with E-state index in [0.717, 1.165) is 0 Å². The van der Waals surface area contributed by atoms with E-state index in [4.69, 9.17) is 21.3 Å². The summed E-state index contributed by atoms with van der Waals surface area (Å²) in [5.74, 6) is 0.444. The number of nitrogens with two attached hydrogens (primary N) is 2. The molecule has 0 unspecified atom stereocenters. The first-order valence-electron chi connectivity index (χ1n) is 3.59. The Labute approximate surface area is 70.7 Å². The zero-order valence-electron chi connectivity index (χ0n) is 6.82. The van der Waals surface area contributed by atoms with Gasteiger partial charge in [-0.05, 0) is 25.1 Å². The minimum Gasteiger partial charge on any atom is -0.463 e. The molecule has 0 aliphatic rings. The second-order valence-electron chi connectivity index (χ2n) is 2.51. The van der Waals surface area contributed by atoms with Gasteiger partial charge in [0.15, 0.2) is 6.29 Å². The molecule has 0 aliphatic heterocycles. The number of hydrogen-bond acceptors (Lipinski definition) is 4. The summed E-state index contributed by atoms with van der Waals surface area (Å²) in [5.41, 5.74) is 12.0. The molecule has 0 aromatic heterocycles. The molecule has 4 heteroatoms. The zero-order valence-corrected chi connectivity index (χ0v) is 6.82. The molecule has 5 N–H and O–H groups in total. The van der Waals surface area contributed by atoms with Gasteiger partial charge in [-0.2, -0.15) is 0 Å². The van der Waals surface area contributed by atoms with E-state index in [1.54, 1.807) is 18.2 Å². The highest BCUT2D eigenvalue weighted by Crippen LogP contribution is 2.23. The fraction of sp³-hybridized carbons (Fsp3) is 0.250. The second-order valence-corrected chi connectivity index (χ2v) is 2.51. The predicted octanol–water partition coefficient (Wildman–Crippen LogP) is 0.568. The summed E-state index contributed by atoms with van der Waals surface area (Å²) in [6.45, 7) is 1.51. The molecule has 4 nitrogen and oxygen atoms in total. The average Bonchev–Trinajstić information content (AvgIpc) is 1.94. The van der Waals surface area contributed by atoms with E-state index in [2.05, 4.69) is 0 Å². The van der Waals surface area contributed by atoms with Gasteiger partial charge in [0.1, 0.15) is 5.75 Å². The van der Waals surface area contributed by atoms with Gasteiger partial charge in [0.2, 0.25) is 0 Å². The number of hydrogen-bond donors (Lipinski definition) is 3. The lowest BCUT2D eigenvalue weighted by Crippen LogP contribution is -2.10. The Morgan fingerprint density at radius 2 is 2.08 bits per heavy atom. The van der Waals surface area contributed by atoms with Crippen LogP contribution in [0.5, 0.6) is 5.75 Å². The molecule has 0 aliphatic carbocycles. The Balaban J connectivity index is 2.86. The smallest absolute Gasteiger partial charge is 0.194 e. The Kier molecular flexibility index (Phi) is 2.40. The molecule has 0 radical (unpaired) electrons. The highest BCUT2D eigenvalue weighted by atomic mass is 16.6. The van der Waals surface area contributed by atoms with E-state index in [1.807, 2.05) is 0 Å². The van der Waals surface area contributed by atoms with E-state index in [9.17, 15) is 0 Å². The molecule has 0 heterocycles. The number of aliphatic hydroxyl groups is 1. The number of ether oxygens (including phenoxy) is 1. The van der Waals surface area contributed by atoms with Crippen LogP contribution in [0.4, 0.5) is 11.4 Å². The van der Waals surface area contributed by atoms with E-state index in [-0.39, 0.29) is 0 Å². The summed E-state index contributed by atoms with van der Waals surface area (Å²) in [4.78, 5) is 0. The number of anilines is 2. The summed E-state index contributed by atoms with van der Waals surface area (Å²) < 4.78 is 4.97. The van der Waals surface area contributed by atoms with Crippen molar-refractivity contribution in [1.29, 1.82) is 0 Å². The summed E-state index contributed by atoms with van der Waals surface area (Å²) >= 11 is 0. The number of benzene rings is 1. The monoisotopic (exact) mass is 168 g/mol. The molecule has 0 saturated heterocycles. The van der Waals surface area contributed by atoms with Crippen LogP contribution in [0.3, 0.4) is 0 Å². The van der Waals surface area contributed by atoms with Crippen LogP contribution in [0, 0.1) is 0 Å². The highest BCUT2D eigenvalue weighted by molar-refractivity contribution is 5.60. The van der Waals surface area contributed by atoms with E-state index >= 15 is 0 Å². The third kappa shape index (κ3) is 2.03. The van der Waals surface area contributed by atoms with Gasteiger partial charge in [-0.15, -0.1) is 0 Å². The Morgan fingerprint density at radius 1 is 1.42 bits per heavy atom. The average molecular weight is 168 g/mol. The predicted molar refractivity (Wildman–Crippen MR) is 47.6 cm³/mol. The topological polar surface area (TPSA) is 81.5 Å². The summed E-state index contributed by atoms with van der Waals surface area (Å²) in [5, 5.41) is 8.89. The normalized spacial score (nSPS) is 12.5. The lowest BCUT2D eigenvalue weighted by Gasteiger charge is -2.10. The molecule has 0 bridgehead atoms. The van der Waals surface area contributed by atoms with Gasteiger partial charge >= 0.3 is 0 Å². The molecule has 0 spiro atoms. The fourth-order valence-electron chi connectivity index (χ4n) is 0.858. The number of aliphatic hydroxyl groups excluding tert-OH is 1.